The lowest BCUT2D eigenvalue weighted by Crippen LogP contribution is -2.34. The van der Waals surface area contributed by atoms with Crippen molar-refractivity contribution in [1.29, 1.82) is 0 Å². The highest BCUT2D eigenvalue weighted by Gasteiger charge is 2.20. The monoisotopic (exact) mass is 275 g/mol. The molecular weight excluding hydrogens is 257 g/mol. The Balaban J connectivity index is 1.85. The molecule has 5 nitrogen and oxygen atoms in total. The molecule has 106 valence electrons. The van der Waals surface area contributed by atoms with Crippen molar-refractivity contribution >= 4 is 5.69 Å². The molecule has 0 spiro atoms. The summed E-state index contributed by atoms with van der Waals surface area (Å²) in [5, 5.41) is 11.1. The van der Waals surface area contributed by atoms with Crippen molar-refractivity contribution in [3.8, 4) is 0 Å². The largest absolute Gasteiger partial charge is 0.360 e. The number of aromatic nitrogens is 3. The number of hydrogen-bond acceptors (Lipinski definition) is 4. The number of nitrogens with one attached hydrogen (secondary N) is 1. The third kappa shape index (κ3) is 2.27. The molecule has 2 aromatic rings. The SMILES string of the molecule is CNC(C)c1ccc(N2CCn3cnnc3C2)c(F)c1. The second-order valence-electron chi connectivity index (χ2n) is 5.08. The van der Waals surface area contributed by atoms with Crippen molar-refractivity contribution in [1.82, 2.24) is 20.1 Å². The minimum atomic E-state index is -0.183. The third-order valence-electron chi connectivity index (χ3n) is 3.88. The number of halogens is 1. The summed E-state index contributed by atoms with van der Waals surface area (Å²) in [6, 6.07) is 5.57. The summed E-state index contributed by atoms with van der Waals surface area (Å²) in [5.74, 6) is 0.695. The summed E-state index contributed by atoms with van der Waals surface area (Å²) in [4.78, 5) is 2.01. The van der Waals surface area contributed by atoms with Crippen LogP contribution in [-0.4, -0.2) is 28.4 Å². The Bertz CT molecular complexity index is 609. The molecule has 0 amide bonds. The van der Waals surface area contributed by atoms with Gasteiger partial charge >= 0.3 is 0 Å². The van der Waals surface area contributed by atoms with E-state index in [9.17, 15) is 4.39 Å². The fourth-order valence-electron chi connectivity index (χ4n) is 2.49. The summed E-state index contributed by atoms with van der Waals surface area (Å²) in [7, 11) is 1.87. The summed E-state index contributed by atoms with van der Waals surface area (Å²) in [6.45, 7) is 4.16. The van der Waals surface area contributed by atoms with Crippen molar-refractivity contribution in [3.05, 3.63) is 41.7 Å². The van der Waals surface area contributed by atoms with Gasteiger partial charge in [0, 0.05) is 19.1 Å². The zero-order chi connectivity index (χ0) is 14.1. The lowest BCUT2D eigenvalue weighted by atomic mass is 10.1. The van der Waals surface area contributed by atoms with Crippen molar-refractivity contribution in [2.24, 2.45) is 0 Å². The smallest absolute Gasteiger partial charge is 0.152 e. The van der Waals surface area contributed by atoms with E-state index >= 15 is 0 Å². The number of rotatable bonds is 3. The average molecular weight is 275 g/mol. The van der Waals surface area contributed by atoms with Gasteiger partial charge in [0.25, 0.3) is 0 Å². The molecule has 0 saturated heterocycles. The predicted octanol–water partition coefficient (Wildman–Crippen LogP) is 1.72. The van der Waals surface area contributed by atoms with Crippen LogP contribution in [0.5, 0.6) is 0 Å². The first-order chi connectivity index (χ1) is 9.69. The number of nitrogens with zero attached hydrogens (tertiary/aromatic N) is 4. The second-order valence-corrected chi connectivity index (χ2v) is 5.08. The third-order valence-corrected chi connectivity index (χ3v) is 3.88. The molecule has 20 heavy (non-hydrogen) atoms. The van der Waals surface area contributed by atoms with E-state index in [-0.39, 0.29) is 11.9 Å². The topological polar surface area (TPSA) is 46.0 Å². The van der Waals surface area contributed by atoms with E-state index in [4.69, 9.17) is 0 Å². The van der Waals surface area contributed by atoms with Gasteiger partial charge in [0.15, 0.2) is 5.82 Å². The molecule has 1 N–H and O–H groups in total. The highest BCUT2D eigenvalue weighted by molar-refractivity contribution is 5.50. The van der Waals surface area contributed by atoms with Crippen LogP contribution in [0.15, 0.2) is 24.5 Å². The standard InChI is InChI=1S/C14H18FN5/c1-10(16-2)11-3-4-13(12(15)7-11)19-5-6-20-9-17-18-14(20)8-19/h3-4,7,9-10,16H,5-6,8H2,1-2H3. The quantitative estimate of drug-likeness (QED) is 0.926. The Kier molecular flexibility index (Phi) is 3.40. The van der Waals surface area contributed by atoms with Gasteiger partial charge in [-0.3, -0.25) is 0 Å². The minimum absolute atomic E-state index is 0.142. The van der Waals surface area contributed by atoms with Gasteiger partial charge in [-0.2, -0.15) is 0 Å². The van der Waals surface area contributed by atoms with E-state index < -0.39 is 0 Å². The van der Waals surface area contributed by atoms with Crippen molar-refractivity contribution < 1.29 is 4.39 Å². The van der Waals surface area contributed by atoms with Crippen LogP contribution in [0.25, 0.3) is 0 Å². The summed E-state index contributed by atoms with van der Waals surface area (Å²) in [5.41, 5.74) is 1.58. The van der Waals surface area contributed by atoms with Gasteiger partial charge in [0.1, 0.15) is 12.1 Å². The van der Waals surface area contributed by atoms with Crippen molar-refractivity contribution in [3.63, 3.8) is 0 Å². The molecule has 1 aliphatic rings. The fraction of sp³-hybridized carbons (Fsp3) is 0.429. The number of benzene rings is 1. The number of anilines is 1. The minimum Gasteiger partial charge on any atom is -0.360 e. The lowest BCUT2D eigenvalue weighted by molar-refractivity contribution is 0.542. The van der Waals surface area contributed by atoms with Crippen LogP contribution < -0.4 is 10.2 Å². The maximum absolute atomic E-state index is 14.3. The molecule has 0 bridgehead atoms. The van der Waals surface area contributed by atoms with Gasteiger partial charge in [-0.15, -0.1) is 10.2 Å². The molecule has 0 saturated carbocycles. The molecule has 1 aliphatic heterocycles. The maximum atomic E-state index is 14.3. The average Bonchev–Trinajstić information content (AvgIpc) is 2.93. The fourth-order valence-corrected chi connectivity index (χ4v) is 2.49. The highest BCUT2D eigenvalue weighted by atomic mass is 19.1. The Morgan fingerprint density at radius 1 is 1.35 bits per heavy atom. The van der Waals surface area contributed by atoms with Gasteiger partial charge in [0.2, 0.25) is 0 Å². The Morgan fingerprint density at radius 2 is 2.20 bits per heavy atom. The van der Waals surface area contributed by atoms with Crippen LogP contribution in [0.1, 0.15) is 24.4 Å². The van der Waals surface area contributed by atoms with E-state index in [0.717, 1.165) is 24.5 Å². The molecule has 1 aromatic heterocycles. The first-order valence-corrected chi connectivity index (χ1v) is 6.77. The maximum Gasteiger partial charge on any atom is 0.152 e. The van der Waals surface area contributed by atoms with E-state index in [2.05, 4.69) is 15.5 Å². The van der Waals surface area contributed by atoms with Gasteiger partial charge in [0.05, 0.1) is 12.2 Å². The Hall–Kier alpha value is -1.95. The van der Waals surface area contributed by atoms with E-state index in [1.807, 2.05) is 35.6 Å². The van der Waals surface area contributed by atoms with Gasteiger partial charge < -0.3 is 14.8 Å². The van der Waals surface area contributed by atoms with Crippen LogP contribution in [0.2, 0.25) is 0 Å². The van der Waals surface area contributed by atoms with E-state index in [1.165, 1.54) is 0 Å². The van der Waals surface area contributed by atoms with Gasteiger partial charge in [-0.1, -0.05) is 6.07 Å². The summed E-state index contributed by atoms with van der Waals surface area (Å²) < 4.78 is 16.3. The summed E-state index contributed by atoms with van der Waals surface area (Å²) >= 11 is 0. The molecule has 0 aliphatic carbocycles. The van der Waals surface area contributed by atoms with E-state index in [1.54, 1.807) is 12.4 Å². The predicted molar refractivity (Wildman–Crippen MR) is 74.9 cm³/mol. The number of hydrogen-bond donors (Lipinski definition) is 1. The highest BCUT2D eigenvalue weighted by Crippen LogP contribution is 2.26. The van der Waals surface area contributed by atoms with Crippen molar-refractivity contribution in [2.45, 2.75) is 26.1 Å². The van der Waals surface area contributed by atoms with Crippen molar-refractivity contribution in [2.75, 3.05) is 18.5 Å². The molecule has 0 fully saturated rings. The molecule has 0 radical (unpaired) electrons. The number of fused-ring (bicyclic) bond motifs is 1. The second kappa shape index (κ2) is 5.20. The normalized spacial score (nSPS) is 16.1. The zero-order valence-corrected chi connectivity index (χ0v) is 11.7. The van der Waals surface area contributed by atoms with Crippen LogP contribution in [0.4, 0.5) is 10.1 Å². The Morgan fingerprint density at radius 3 is 2.95 bits per heavy atom. The molecule has 6 heteroatoms. The lowest BCUT2D eigenvalue weighted by Gasteiger charge is -2.29. The van der Waals surface area contributed by atoms with Gasteiger partial charge in [-0.05, 0) is 31.7 Å². The summed E-state index contributed by atoms with van der Waals surface area (Å²) in [6.07, 6.45) is 1.72. The van der Waals surface area contributed by atoms with E-state index in [0.29, 0.717) is 12.2 Å². The first kappa shape index (κ1) is 13.1. The van der Waals surface area contributed by atoms with Crippen LogP contribution in [0.3, 0.4) is 0 Å². The Labute approximate surface area is 117 Å². The van der Waals surface area contributed by atoms with Crippen LogP contribution in [-0.2, 0) is 13.1 Å². The molecular formula is C14H18FN5. The first-order valence-electron chi connectivity index (χ1n) is 6.77. The molecule has 1 atom stereocenters. The molecule has 1 aromatic carbocycles. The van der Waals surface area contributed by atoms with Gasteiger partial charge in [-0.25, -0.2) is 4.39 Å². The van der Waals surface area contributed by atoms with Crippen LogP contribution >= 0.6 is 0 Å². The molecule has 1 unspecified atom stereocenters. The molecule has 3 rings (SSSR count). The zero-order valence-electron chi connectivity index (χ0n) is 11.7. The van der Waals surface area contributed by atoms with Crippen LogP contribution in [0, 0.1) is 5.82 Å². The molecule has 2 heterocycles.